The van der Waals surface area contributed by atoms with Crippen LogP contribution in [0.15, 0.2) is 36.4 Å². The van der Waals surface area contributed by atoms with E-state index in [-0.39, 0.29) is 60.7 Å². The van der Waals surface area contributed by atoms with Crippen LogP contribution in [0.5, 0.6) is 0 Å². The number of halogens is 4. The number of alkyl halides is 3. The average Bonchev–Trinajstić information content (AvgIpc) is 3.62. The normalized spacial score (nSPS) is 20.5. The monoisotopic (exact) mass is 805 g/mol. The van der Waals surface area contributed by atoms with E-state index in [1.807, 2.05) is 24.3 Å². The van der Waals surface area contributed by atoms with E-state index in [0.717, 1.165) is 17.3 Å². The molecule has 4 aliphatic heterocycles. The van der Waals surface area contributed by atoms with E-state index in [2.05, 4.69) is 15.5 Å². The smallest absolute Gasteiger partial charge is 0.418 e. The van der Waals surface area contributed by atoms with Crippen molar-refractivity contribution in [2.45, 2.75) is 69.3 Å². The number of urea groups is 1. The molecule has 0 unspecified atom stereocenters. The summed E-state index contributed by atoms with van der Waals surface area (Å²) in [5.74, 6) is -1.76. The minimum Gasteiger partial charge on any atom is -0.455 e. The zero-order valence-corrected chi connectivity index (χ0v) is 31.9. The number of likely N-dealkylation sites (N-methyl/N-ethyl adjacent to an activating group) is 1. The number of hydrogen-bond acceptors (Lipinski definition) is 9. The number of para-hydroxylation sites is 1. The van der Waals surface area contributed by atoms with Gasteiger partial charge in [0, 0.05) is 70.5 Å². The molecule has 0 saturated carbocycles. The first-order chi connectivity index (χ1) is 26.7. The molecule has 3 fully saturated rings. The van der Waals surface area contributed by atoms with E-state index in [0.29, 0.717) is 71.2 Å². The van der Waals surface area contributed by atoms with Crippen LogP contribution >= 0.6 is 11.6 Å². The number of carbonyl (C=O) groups excluding carboxylic acids is 5. The number of esters is 1. The summed E-state index contributed by atoms with van der Waals surface area (Å²) in [5, 5.41) is 5.04. The minimum atomic E-state index is -4.81. The van der Waals surface area contributed by atoms with Crippen molar-refractivity contribution in [3.63, 3.8) is 0 Å². The number of nitrogens with zero attached hydrogens (tertiary/aromatic N) is 4. The summed E-state index contributed by atoms with van der Waals surface area (Å²) in [7, 11) is 1.46. The number of anilines is 2. The molecule has 18 heteroatoms. The standard InChI is InChI=1S/C38H47ClF3N7O7/c1-44-32(50)22-55-35(52)25-6-12-48(21-25)26-8-13-46(14-9-26)34(51)31(20-23-18-28(38(40,41)42)33(43)29(39)19-23)56-37(54)47-15-10-27(11-16-47)49-17-7-24-4-2-3-5-30(24)45-36(49)53/h2-5,18-19,25-27,31H,6-17,20-22,43H2,1H3,(H,44,50)(H,45,53)/t25-,31-/m1/s1. The Morgan fingerprint density at radius 3 is 2.34 bits per heavy atom. The van der Waals surface area contributed by atoms with Gasteiger partial charge in [-0.3, -0.25) is 19.3 Å². The number of amides is 5. The molecule has 4 N–H and O–H groups in total. The van der Waals surface area contributed by atoms with Crippen molar-refractivity contribution in [3.05, 3.63) is 58.1 Å². The van der Waals surface area contributed by atoms with Gasteiger partial charge in [0.1, 0.15) is 0 Å². The Morgan fingerprint density at radius 1 is 0.964 bits per heavy atom. The van der Waals surface area contributed by atoms with Gasteiger partial charge in [-0.25, -0.2) is 9.59 Å². The number of hydrogen-bond donors (Lipinski definition) is 3. The van der Waals surface area contributed by atoms with Gasteiger partial charge in [0.2, 0.25) is 0 Å². The van der Waals surface area contributed by atoms with Crippen LogP contribution in [0.3, 0.4) is 0 Å². The molecule has 0 aromatic heterocycles. The second kappa shape index (κ2) is 17.6. The molecule has 2 aromatic rings. The van der Waals surface area contributed by atoms with Crippen molar-refractivity contribution in [1.29, 1.82) is 0 Å². The summed E-state index contributed by atoms with van der Waals surface area (Å²) < 4.78 is 52.6. The predicted octanol–water partition coefficient (Wildman–Crippen LogP) is 4.15. The number of nitrogens with two attached hydrogens (primary N) is 1. The molecule has 56 heavy (non-hydrogen) atoms. The first kappa shape index (κ1) is 40.9. The summed E-state index contributed by atoms with van der Waals surface area (Å²) in [4.78, 5) is 71.8. The molecule has 6 rings (SSSR count). The fourth-order valence-corrected chi connectivity index (χ4v) is 8.25. The molecule has 4 aliphatic rings. The van der Waals surface area contributed by atoms with Crippen molar-refractivity contribution in [2.24, 2.45) is 5.92 Å². The lowest BCUT2D eigenvalue weighted by Gasteiger charge is -2.39. The zero-order valence-electron chi connectivity index (χ0n) is 31.1. The Morgan fingerprint density at radius 2 is 1.64 bits per heavy atom. The minimum absolute atomic E-state index is 0.0239. The van der Waals surface area contributed by atoms with Gasteiger partial charge in [-0.15, -0.1) is 0 Å². The number of nitrogen functional groups attached to an aromatic ring is 1. The van der Waals surface area contributed by atoms with Gasteiger partial charge in [-0.05, 0) is 74.4 Å². The van der Waals surface area contributed by atoms with Crippen molar-refractivity contribution >= 4 is 52.9 Å². The highest BCUT2D eigenvalue weighted by Gasteiger charge is 2.40. The average molecular weight is 806 g/mol. The molecular weight excluding hydrogens is 759 g/mol. The van der Waals surface area contributed by atoms with Crippen LogP contribution < -0.4 is 16.4 Å². The highest BCUT2D eigenvalue weighted by Crippen LogP contribution is 2.38. The first-order valence-electron chi connectivity index (χ1n) is 18.9. The van der Waals surface area contributed by atoms with Gasteiger partial charge >= 0.3 is 24.3 Å². The largest absolute Gasteiger partial charge is 0.455 e. The van der Waals surface area contributed by atoms with Gasteiger partial charge in [0.05, 0.1) is 22.2 Å². The number of benzene rings is 2. The second-order valence-electron chi connectivity index (χ2n) is 14.7. The zero-order chi connectivity index (χ0) is 40.1. The fourth-order valence-electron chi connectivity index (χ4n) is 8.01. The molecule has 0 bridgehead atoms. The highest BCUT2D eigenvalue weighted by atomic mass is 35.5. The third-order valence-electron chi connectivity index (χ3n) is 11.2. The summed E-state index contributed by atoms with van der Waals surface area (Å²) in [6.07, 6.45) is -4.12. The molecule has 0 aliphatic carbocycles. The van der Waals surface area contributed by atoms with Crippen molar-refractivity contribution in [1.82, 2.24) is 24.9 Å². The number of nitrogens with one attached hydrogen (secondary N) is 2. The third-order valence-corrected chi connectivity index (χ3v) is 11.5. The van der Waals surface area contributed by atoms with Crippen molar-refractivity contribution in [2.75, 3.05) is 70.5 Å². The summed E-state index contributed by atoms with van der Waals surface area (Å²) >= 11 is 6.11. The maximum absolute atomic E-state index is 14.1. The Balaban J connectivity index is 1.09. The molecule has 0 spiro atoms. The lowest BCUT2D eigenvalue weighted by Crippen LogP contribution is -2.52. The summed E-state index contributed by atoms with van der Waals surface area (Å²) in [5.41, 5.74) is 5.70. The first-order valence-corrected chi connectivity index (χ1v) is 19.3. The number of rotatable bonds is 9. The lowest BCUT2D eigenvalue weighted by atomic mass is 10.00. The number of carbonyl (C=O) groups is 5. The van der Waals surface area contributed by atoms with Crippen LogP contribution in [0, 0.1) is 5.92 Å². The van der Waals surface area contributed by atoms with Crippen molar-refractivity contribution < 1.29 is 46.6 Å². The molecule has 4 heterocycles. The third kappa shape index (κ3) is 9.60. The Hall–Kier alpha value is -4.77. The number of likely N-dealkylation sites (tertiary alicyclic amines) is 3. The van der Waals surface area contributed by atoms with E-state index in [1.54, 1.807) is 9.80 Å². The molecule has 0 radical (unpaired) electrons. The fraction of sp³-hybridized carbons (Fsp3) is 0.553. The second-order valence-corrected chi connectivity index (χ2v) is 15.1. The van der Waals surface area contributed by atoms with Crippen LogP contribution in [0.2, 0.25) is 5.02 Å². The Kier molecular flexibility index (Phi) is 12.8. The highest BCUT2D eigenvalue weighted by molar-refractivity contribution is 6.33. The van der Waals surface area contributed by atoms with Gasteiger partial charge in [-0.2, -0.15) is 13.2 Å². The molecule has 2 aromatic carbocycles. The summed E-state index contributed by atoms with van der Waals surface area (Å²) in [6, 6.07) is 9.39. The SMILES string of the molecule is CNC(=O)COC(=O)[C@@H]1CCN(C2CCN(C(=O)[C@@H](Cc3cc(Cl)c(N)c(C(F)(F)F)c3)OC(=O)N3CCC(N4CCc5ccccc5NC4=O)CC3)CC2)C1. The van der Waals surface area contributed by atoms with E-state index < -0.39 is 47.4 Å². The predicted molar refractivity (Wildman–Crippen MR) is 200 cm³/mol. The molecule has 3 saturated heterocycles. The Labute approximate surface area is 327 Å². The van der Waals surface area contributed by atoms with Crippen LogP contribution in [-0.4, -0.2) is 127 Å². The maximum Gasteiger partial charge on any atom is 0.418 e. The van der Waals surface area contributed by atoms with Crippen LogP contribution in [-0.2, 0) is 42.9 Å². The van der Waals surface area contributed by atoms with E-state index >= 15 is 0 Å². The van der Waals surface area contributed by atoms with Crippen LogP contribution in [0.25, 0.3) is 0 Å². The van der Waals surface area contributed by atoms with Gasteiger partial charge in [0.25, 0.3) is 11.8 Å². The lowest BCUT2D eigenvalue weighted by molar-refractivity contribution is -0.152. The van der Waals surface area contributed by atoms with E-state index in [9.17, 15) is 37.1 Å². The molecule has 304 valence electrons. The van der Waals surface area contributed by atoms with Gasteiger partial charge in [-0.1, -0.05) is 29.8 Å². The number of piperidine rings is 2. The Bertz CT molecular complexity index is 1800. The van der Waals surface area contributed by atoms with Crippen LogP contribution in [0.4, 0.5) is 34.1 Å². The number of ether oxygens (including phenoxy) is 2. The molecule has 5 amide bonds. The van der Waals surface area contributed by atoms with E-state index in [4.69, 9.17) is 26.8 Å². The summed E-state index contributed by atoms with van der Waals surface area (Å²) in [6.45, 7) is 2.35. The number of fused-ring (bicyclic) bond motifs is 1. The van der Waals surface area contributed by atoms with Gasteiger partial charge < -0.3 is 40.5 Å². The quantitative estimate of drug-likeness (QED) is 0.250. The topological polar surface area (TPSA) is 167 Å². The van der Waals surface area contributed by atoms with Crippen LogP contribution in [0.1, 0.15) is 48.8 Å². The van der Waals surface area contributed by atoms with E-state index in [1.165, 1.54) is 18.0 Å². The van der Waals surface area contributed by atoms with Crippen molar-refractivity contribution in [3.8, 4) is 0 Å². The molecule has 2 atom stereocenters. The molecule has 14 nitrogen and oxygen atoms in total. The molecular formula is C38H47ClF3N7O7. The van der Waals surface area contributed by atoms with Gasteiger partial charge in [0.15, 0.2) is 12.7 Å². The maximum atomic E-state index is 14.1.